The van der Waals surface area contributed by atoms with Gasteiger partial charge in [-0.15, -0.1) is 0 Å². The number of hydrogen-bond acceptors (Lipinski definition) is 3. The number of benzene rings is 1. The third-order valence-electron chi connectivity index (χ3n) is 3.57. The molecule has 2 rings (SSSR count). The molecule has 0 fully saturated rings. The second-order valence-corrected chi connectivity index (χ2v) is 6.56. The molecule has 2 N–H and O–H groups in total. The Balaban J connectivity index is 2.19. The number of aryl methyl sites for hydroxylation is 2. The van der Waals surface area contributed by atoms with E-state index in [1.165, 1.54) is 11.1 Å². The number of nitrogens with two attached hydrogens (primary N) is 1. The standard InChI is InChI=1S/C18H25NO2/c1-12-6-7-16(15(8-12)18(3,4)5)20-11-14-9-13(2)17(10-19)21-14/h6-9H,10-11,19H2,1-5H3. The lowest BCUT2D eigenvalue weighted by Crippen LogP contribution is -2.13. The number of furan rings is 1. The maximum absolute atomic E-state index is 5.98. The first-order valence-corrected chi connectivity index (χ1v) is 7.33. The van der Waals surface area contributed by atoms with Crippen molar-refractivity contribution in [1.29, 1.82) is 0 Å². The molecule has 0 saturated carbocycles. The fourth-order valence-electron chi connectivity index (χ4n) is 2.37. The summed E-state index contributed by atoms with van der Waals surface area (Å²) < 4.78 is 11.7. The van der Waals surface area contributed by atoms with Crippen molar-refractivity contribution in [2.45, 2.75) is 53.2 Å². The molecule has 0 aliphatic heterocycles. The minimum atomic E-state index is 0.0445. The van der Waals surface area contributed by atoms with Gasteiger partial charge in [0.25, 0.3) is 0 Å². The highest BCUT2D eigenvalue weighted by atomic mass is 16.5. The van der Waals surface area contributed by atoms with Crippen LogP contribution in [0.1, 0.15) is 49.0 Å². The lowest BCUT2D eigenvalue weighted by molar-refractivity contribution is 0.260. The zero-order valence-corrected chi connectivity index (χ0v) is 13.6. The highest BCUT2D eigenvalue weighted by Crippen LogP contribution is 2.32. The van der Waals surface area contributed by atoms with Crippen LogP contribution < -0.4 is 10.5 Å². The van der Waals surface area contributed by atoms with E-state index in [4.69, 9.17) is 14.9 Å². The second-order valence-electron chi connectivity index (χ2n) is 6.56. The summed E-state index contributed by atoms with van der Waals surface area (Å²) in [6.45, 7) is 11.5. The topological polar surface area (TPSA) is 48.4 Å². The van der Waals surface area contributed by atoms with Gasteiger partial charge in [0, 0.05) is 0 Å². The quantitative estimate of drug-likeness (QED) is 0.915. The molecule has 114 valence electrons. The van der Waals surface area contributed by atoms with E-state index in [-0.39, 0.29) is 5.41 Å². The highest BCUT2D eigenvalue weighted by Gasteiger charge is 2.19. The Morgan fingerprint density at radius 1 is 1.14 bits per heavy atom. The average molecular weight is 287 g/mol. The molecule has 1 aromatic carbocycles. The second kappa shape index (κ2) is 5.94. The molecule has 0 spiro atoms. The van der Waals surface area contributed by atoms with Gasteiger partial charge in [-0.1, -0.05) is 38.5 Å². The molecule has 1 aromatic heterocycles. The van der Waals surface area contributed by atoms with E-state index in [1.54, 1.807) is 0 Å². The fourth-order valence-corrected chi connectivity index (χ4v) is 2.37. The molecule has 2 aromatic rings. The van der Waals surface area contributed by atoms with E-state index in [9.17, 15) is 0 Å². The van der Waals surface area contributed by atoms with Crippen molar-refractivity contribution in [3.05, 3.63) is 52.5 Å². The third kappa shape index (κ3) is 3.67. The maximum atomic E-state index is 5.98. The summed E-state index contributed by atoms with van der Waals surface area (Å²) in [4.78, 5) is 0. The maximum Gasteiger partial charge on any atom is 0.146 e. The smallest absolute Gasteiger partial charge is 0.146 e. The molecule has 0 radical (unpaired) electrons. The third-order valence-corrected chi connectivity index (χ3v) is 3.57. The van der Waals surface area contributed by atoms with Gasteiger partial charge >= 0.3 is 0 Å². The first kappa shape index (κ1) is 15.6. The van der Waals surface area contributed by atoms with Crippen LogP contribution in [0.3, 0.4) is 0 Å². The van der Waals surface area contributed by atoms with Crippen molar-refractivity contribution in [3.63, 3.8) is 0 Å². The summed E-state index contributed by atoms with van der Waals surface area (Å²) in [5, 5.41) is 0. The van der Waals surface area contributed by atoms with E-state index in [2.05, 4.69) is 39.8 Å². The van der Waals surface area contributed by atoms with Crippen LogP contribution in [0.4, 0.5) is 0 Å². The van der Waals surface area contributed by atoms with Crippen molar-refractivity contribution < 1.29 is 9.15 Å². The summed E-state index contributed by atoms with van der Waals surface area (Å²) in [5.41, 5.74) is 9.21. The van der Waals surface area contributed by atoms with E-state index in [0.29, 0.717) is 13.2 Å². The van der Waals surface area contributed by atoms with Crippen molar-refractivity contribution in [1.82, 2.24) is 0 Å². The summed E-state index contributed by atoms with van der Waals surface area (Å²) >= 11 is 0. The Hall–Kier alpha value is -1.74. The van der Waals surface area contributed by atoms with Gasteiger partial charge in [0.05, 0.1) is 6.54 Å². The van der Waals surface area contributed by atoms with Gasteiger partial charge in [-0.25, -0.2) is 0 Å². The van der Waals surface area contributed by atoms with Gasteiger partial charge in [0.2, 0.25) is 0 Å². The molecule has 0 atom stereocenters. The predicted octanol–water partition coefficient (Wildman–Crippen LogP) is 4.23. The van der Waals surface area contributed by atoms with Crippen LogP contribution in [0.25, 0.3) is 0 Å². The molecule has 0 aliphatic rings. The Labute approximate surface area is 127 Å². The molecule has 0 bridgehead atoms. The monoisotopic (exact) mass is 287 g/mol. The van der Waals surface area contributed by atoms with Crippen LogP contribution in [-0.2, 0) is 18.6 Å². The summed E-state index contributed by atoms with van der Waals surface area (Å²) in [7, 11) is 0. The lowest BCUT2D eigenvalue weighted by atomic mass is 9.85. The van der Waals surface area contributed by atoms with Gasteiger partial charge in [0.1, 0.15) is 23.9 Å². The minimum absolute atomic E-state index is 0.0445. The first-order chi connectivity index (χ1) is 9.81. The SMILES string of the molecule is Cc1ccc(OCc2cc(C)c(CN)o2)c(C(C)(C)C)c1. The van der Waals surface area contributed by atoms with Crippen LogP contribution in [0, 0.1) is 13.8 Å². The van der Waals surface area contributed by atoms with Crippen molar-refractivity contribution in [3.8, 4) is 5.75 Å². The summed E-state index contributed by atoms with van der Waals surface area (Å²) in [6, 6.07) is 8.29. The zero-order chi connectivity index (χ0) is 15.6. The van der Waals surface area contributed by atoms with E-state index < -0.39 is 0 Å². The number of ether oxygens (including phenoxy) is 1. The molecule has 0 unspecified atom stereocenters. The normalized spacial score (nSPS) is 11.7. The Bertz CT molecular complexity index is 621. The lowest BCUT2D eigenvalue weighted by Gasteiger charge is -2.23. The van der Waals surface area contributed by atoms with Crippen molar-refractivity contribution in [2.75, 3.05) is 0 Å². The fraction of sp³-hybridized carbons (Fsp3) is 0.444. The molecule has 0 aliphatic carbocycles. The molecule has 0 saturated heterocycles. The number of rotatable bonds is 4. The van der Waals surface area contributed by atoms with Gasteiger partial charge in [0.15, 0.2) is 0 Å². The highest BCUT2D eigenvalue weighted by molar-refractivity contribution is 5.41. The molecule has 3 heteroatoms. The predicted molar refractivity (Wildman–Crippen MR) is 85.5 cm³/mol. The van der Waals surface area contributed by atoms with Crippen molar-refractivity contribution in [2.24, 2.45) is 5.73 Å². The number of hydrogen-bond donors (Lipinski definition) is 1. The van der Waals surface area contributed by atoms with Crippen LogP contribution in [-0.4, -0.2) is 0 Å². The summed E-state index contributed by atoms with van der Waals surface area (Å²) in [6.07, 6.45) is 0. The Morgan fingerprint density at radius 3 is 2.43 bits per heavy atom. The van der Waals surface area contributed by atoms with Gasteiger partial charge in [-0.3, -0.25) is 0 Å². The average Bonchev–Trinajstić information content (AvgIpc) is 2.76. The van der Waals surface area contributed by atoms with Crippen molar-refractivity contribution >= 4 is 0 Å². The van der Waals surface area contributed by atoms with Crippen LogP contribution in [0.2, 0.25) is 0 Å². The van der Waals surface area contributed by atoms with E-state index in [0.717, 1.165) is 22.8 Å². The van der Waals surface area contributed by atoms with E-state index in [1.807, 2.05) is 19.1 Å². The Morgan fingerprint density at radius 2 is 1.86 bits per heavy atom. The molecule has 0 amide bonds. The van der Waals surface area contributed by atoms with Crippen LogP contribution in [0.5, 0.6) is 5.75 Å². The molecule has 3 nitrogen and oxygen atoms in total. The first-order valence-electron chi connectivity index (χ1n) is 7.33. The van der Waals surface area contributed by atoms with Gasteiger partial charge in [-0.2, -0.15) is 0 Å². The Kier molecular flexibility index (Phi) is 4.43. The molecule has 1 heterocycles. The molecule has 21 heavy (non-hydrogen) atoms. The molecular weight excluding hydrogens is 262 g/mol. The van der Waals surface area contributed by atoms with Crippen LogP contribution >= 0.6 is 0 Å². The van der Waals surface area contributed by atoms with Gasteiger partial charge in [-0.05, 0) is 42.5 Å². The largest absolute Gasteiger partial charge is 0.485 e. The zero-order valence-electron chi connectivity index (χ0n) is 13.6. The van der Waals surface area contributed by atoms with E-state index >= 15 is 0 Å². The molecular formula is C18H25NO2. The van der Waals surface area contributed by atoms with Crippen LogP contribution in [0.15, 0.2) is 28.7 Å². The summed E-state index contributed by atoms with van der Waals surface area (Å²) in [5.74, 6) is 2.55. The minimum Gasteiger partial charge on any atom is -0.485 e. The van der Waals surface area contributed by atoms with Gasteiger partial charge < -0.3 is 14.9 Å².